The molecule has 0 unspecified atom stereocenters. The molecule has 4 rings (SSSR count). The van der Waals surface area contributed by atoms with Crippen LogP contribution in [-0.2, 0) is 13.0 Å². The zero-order valence-corrected chi connectivity index (χ0v) is 16.1. The monoisotopic (exact) mass is 361 g/mol. The van der Waals surface area contributed by atoms with Crippen LogP contribution in [0.25, 0.3) is 10.9 Å². The lowest BCUT2D eigenvalue weighted by atomic mass is 10.1. The molecule has 2 aromatic carbocycles. The largest absolute Gasteiger partial charge is 0.370 e. The number of nitrogens with zero attached hydrogens (tertiary/aromatic N) is 4. The van der Waals surface area contributed by atoms with Gasteiger partial charge in [-0.05, 0) is 49.8 Å². The van der Waals surface area contributed by atoms with Crippen molar-refractivity contribution in [3.05, 3.63) is 65.6 Å². The number of nitrogens with two attached hydrogens (primary N) is 1. The molecule has 5 nitrogen and oxygen atoms in total. The topological polar surface area (TPSA) is 58.3 Å². The number of benzene rings is 2. The predicted octanol–water partition coefficient (Wildman–Crippen LogP) is 2.82. The van der Waals surface area contributed by atoms with Crippen molar-refractivity contribution < 1.29 is 0 Å². The van der Waals surface area contributed by atoms with Gasteiger partial charge in [-0.15, -0.1) is 0 Å². The summed E-state index contributed by atoms with van der Waals surface area (Å²) in [6.45, 7) is 2.90. The van der Waals surface area contributed by atoms with Crippen molar-refractivity contribution in [3.63, 3.8) is 0 Å². The Morgan fingerprint density at radius 1 is 1.11 bits per heavy atom. The summed E-state index contributed by atoms with van der Waals surface area (Å²) in [5.74, 6) is 0.860. The van der Waals surface area contributed by atoms with Crippen LogP contribution in [0.15, 0.2) is 48.7 Å². The molecule has 0 bridgehead atoms. The summed E-state index contributed by atoms with van der Waals surface area (Å²) in [7, 11) is 4.17. The number of aromatic nitrogens is 2. The molecule has 3 aromatic rings. The fraction of sp³-hybridized carbons (Fsp3) is 0.364. The quantitative estimate of drug-likeness (QED) is 0.757. The minimum Gasteiger partial charge on any atom is -0.370 e. The zero-order valence-electron chi connectivity index (χ0n) is 16.1. The van der Waals surface area contributed by atoms with Crippen molar-refractivity contribution in [2.75, 3.05) is 32.1 Å². The highest BCUT2D eigenvalue weighted by molar-refractivity contribution is 5.82. The van der Waals surface area contributed by atoms with E-state index in [1.54, 1.807) is 0 Å². The molecule has 1 saturated heterocycles. The molecule has 1 aliphatic rings. The molecule has 27 heavy (non-hydrogen) atoms. The van der Waals surface area contributed by atoms with Crippen molar-refractivity contribution in [3.8, 4) is 0 Å². The molecule has 0 amide bonds. The Balaban J connectivity index is 1.50. The van der Waals surface area contributed by atoms with Gasteiger partial charge in [0.15, 0.2) is 0 Å². The van der Waals surface area contributed by atoms with Crippen LogP contribution >= 0.6 is 0 Å². The van der Waals surface area contributed by atoms with Gasteiger partial charge in [0, 0.05) is 49.4 Å². The molecule has 0 saturated carbocycles. The molecule has 2 N–H and O–H groups in total. The van der Waals surface area contributed by atoms with Crippen LogP contribution in [0, 0.1) is 0 Å². The van der Waals surface area contributed by atoms with E-state index in [9.17, 15) is 0 Å². The summed E-state index contributed by atoms with van der Waals surface area (Å²) in [4.78, 5) is 13.9. The molecule has 0 aliphatic carbocycles. The Labute approximate surface area is 160 Å². The van der Waals surface area contributed by atoms with Crippen molar-refractivity contribution in [1.82, 2.24) is 14.9 Å². The van der Waals surface area contributed by atoms with Gasteiger partial charge < -0.3 is 15.5 Å². The molecule has 0 spiro atoms. The van der Waals surface area contributed by atoms with E-state index in [4.69, 9.17) is 10.7 Å². The van der Waals surface area contributed by atoms with Gasteiger partial charge in [0.2, 0.25) is 0 Å². The molecule has 1 fully saturated rings. The molecule has 5 heteroatoms. The Bertz CT molecular complexity index is 920. The Kier molecular flexibility index (Phi) is 5.05. The van der Waals surface area contributed by atoms with E-state index in [1.165, 1.54) is 16.8 Å². The highest BCUT2D eigenvalue weighted by Gasteiger charge is 2.19. The van der Waals surface area contributed by atoms with Gasteiger partial charge in [0.1, 0.15) is 5.82 Å². The van der Waals surface area contributed by atoms with Gasteiger partial charge >= 0.3 is 0 Å². The highest BCUT2D eigenvalue weighted by atomic mass is 15.2. The summed E-state index contributed by atoms with van der Waals surface area (Å²) in [5, 5.41) is 1.08. The maximum atomic E-state index is 6.03. The standard InChI is InChI=1S/C22H27N5/c1-26(2)14-17-5-3-16(4-6-17)11-22-24-13-18-12-20(7-8-21(18)25-22)27-10-9-19(23)15-27/h3-8,12-13,19H,9-11,14-15,23H2,1-2H3/t19-/m1/s1. The van der Waals surface area contributed by atoms with E-state index in [1.807, 2.05) is 6.20 Å². The van der Waals surface area contributed by atoms with E-state index >= 15 is 0 Å². The Hall–Kier alpha value is -2.50. The zero-order chi connectivity index (χ0) is 18.8. The lowest BCUT2D eigenvalue weighted by molar-refractivity contribution is 0.402. The lowest BCUT2D eigenvalue weighted by Gasteiger charge is -2.18. The minimum absolute atomic E-state index is 0.281. The summed E-state index contributed by atoms with van der Waals surface area (Å²) in [6, 6.07) is 15.4. The van der Waals surface area contributed by atoms with Crippen LogP contribution in [0.5, 0.6) is 0 Å². The van der Waals surface area contributed by atoms with Gasteiger partial charge in [0.25, 0.3) is 0 Å². The van der Waals surface area contributed by atoms with E-state index in [2.05, 4.69) is 71.3 Å². The number of hydrogen-bond acceptors (Lipinski definition) is 5. The first kappa shape index (κ1) is 17.9. The summed E-state index contributed by atoms with van der Waals surface area (Å²) in [5.41, 5.74) is 10.8. The summed E-state index contributed by atoms with van der Waals surface area (Å²) < 4.78 is 0. The number of hydrogen-bond donors (Lipinski definition) is 1. The van der Waals surface area contributed by atoms with Gasteiger partial charge in [-0.3, -0.25) is 0 Å². The van der Waals surface area contributed by atoms with Crippen molar-refractivity contribution in [2.24, 2.45) is 5.73 Å². The normalized spacial score (nSPS) is 17.2. The second-order valence-electron chi connectivity index (χ2n) is 7.76. The molecule has 2 heterocycles. The minimum atomic E-state index is 0.281. The van der Waals surface area contributed by atoms with Crippen molar-refractivity contribution >= 4 is 16.6 Å². The van der Waals surface area contributed by atoms with Crippen LogP contribution in [0.1, 0.15) is 23.4 Å². The molecular formula is C22H27N5. The maximum absolute atomic E-state index is 6.03. The molecule has 1 atom stereocenters. The molecule has 1 aliphatic heterocycles. The van der Waals surface area contributed by atoms with Crippen molar-refractivity contribution in [1.29, 1.82) is 0 Å². The van der Waals surface area contributed by atoms with Crippen LogP contribution in [-0.4, -0.2) is 48.1 Å². The summed E-state index contributed by atoms with van der Waals surface area (Å²) in [6.07, 6.45) is 3.75. The number of anilines is 1. The van der Waals surface area contributed by atoms with E-state index in [0.29, 0.717) is 0 Å². The molecule has 1 aromatic heterocycles. The Morgan fingerprint density at radius 2 is 1.89 bits per heavy atom. The average molecular weight is 361 g/mol. The molecule has 0 radical (unpaired) electrons. The highest BCUT2D eigenvalue weighted by Crippen LogP contribution is 2.24. The first-order valence-corrected chi connectivity index (χ1v) is 9.55. The van der Waals surface area contributed by atoms with E-state index in [-0.39, 0.29) is 6.04 Å². The van der Waals surface area contributed by atoms with E-state index in [0.717, 1.165) is 49.2 Å². The van der Waals surface area contributed by atoms with Gasteiger partial charge in [-0.1, -0.05) is 24.3 Å². The second kappa shape index (κ2) is 7.62. The van der Waals surface area contributed by atoms with Crippen LogP contribution in [0.2, 0.25) is 0 Å². The fourth-order valence-corrected chi connectivity index (χ4v) is 3.67. The number of rotatable bonds is 5. The lowest BCUT2D eigenvalue weighted by Crippen LogP contribution is -2.26. The first-order valence-electron chi connectivity index (χ1n) is 9.55. The molecule has 140 valence electrons. The first-order chi connectivity index (χ1) is 13.1. The van der Waals surface area contributed by atoms with E-state index < -0.39 is 0 Å². The molecular weight excluding hydrogens is 334 g/mol. The SMILES string of the molecule is CN(C)Cc1ccc(Cc2ncc3cc(N4CC[C@@H](N)C4)ccc3n2)cc1. The predicted molar refractivity (Wildman–Crippen MR) is 111 cm³/mol. The number of fused-ring (bicyclic) bond motifs is 1. The Morgan fingerprint density at radius 3 is 2.59 bits per heavy atom. The third-order valence-corrected chi connectivity index (χ3v) is 5.09. The van der Waals surface area contributed by atoms with Crippen LogP contribution in [0.3, 0.4) is 0 Å². The third-order valence-electron chi connectivity index (χ3n) is 5.09. The summed E-state index contributed by atoms with van der Waals surface area (Å²) >= 11 is 0. The maximum Gasteiger partial charge on any atom is 0.133 e. The average Bonchev–Trinajstić information content (AvgIpc) is 3.09. The second-order valence-corrected chi connectivity index (χ2v) is 7.76. The third kappa shape index (κ3) is 4.26. The fourth-order valence-electron chi connectivity index (χ4n) is 3.67. The van der Waals surface area contributed by atoms with Gasteiger partial charge in [-0.25, -0.2) is 9.97 Å². The van der Waals surface area contributed by atoms with Gasteiger partial charge in [-0.2, -0.15) is 0 Å². The van der Waals surface area contributed by atoms with Gasteiger partial charge in [0.05, 0.1) is 5.52 Å². The van der Waals surface area contributed by atoms with Crippen LogP contribution in [0.4, 0.5) is 5.69 Å². The smallest absolute Gasteiger partial charge is 0.133 e. The van der Waals surface area contributed by atoms with Crippen molar-refractivity contribution in [2.45, 2.75) is 25.4 Å². The van der Waals surface area contributed by atoms with Crippen LogP contribution < -0.4 is 10.6 Å².